The fraction of sp³-hybridized carbons (Fsp3) is 0.133. The van der Waals surface area contributed by atoms with Crippen molar-refractivity contribution in [3.8, 4) is 5.75 Å². The first-order chi connectivity index (χ1) is 10.9. The van der Waals surface area contributed by atoms with Crippen LogP contribution in [0, 0.1) is 0 Å². The van der Waals surface area contributed by atoms with E-state index in [1.54, 1.807) is 12.1 Å². The Morgan fingerprint density at radius 3 is 2.17 bits per heavy atom. The summed E-state index contributed by atoms with van der Waals surface area (Å²) in [6, 6.07) is 9.00. The van der Waals surface area contributed by atoms with Crippen molar-refractivity contribution in [3.05, 3.63) is 59.4 Å². The van der Waals surface area contributed by atoms with Gasteiger partial charge in [-0.05, 0) is 24.3 Å². The molecular formula is C15H14N2O6S. The molecule has 0 saturated carbocycles. The van der Waals surface area contributed by atoms with Crippen molar-refractivity contribution in [2.45, 2.75) is 14.0 Å². The smallest absolute Gasteiger partial charge is 0.360 e. The Morgan fingerprint density at radius 1 is 1.04 bits per heavy atom. The number of amides is 2. The van der Waals surface area contributed by atoms with Crippen LogP contribution in [0.3, 0.4) is 0 Å². The molecule has 2 aromatic rings. The highest BCUT2D eigenvalue weighted by Gasteiger charge is 2.35. The summed E-state index contributed by atoms with van der Waals surface area (Å²) in [7, 11) is -4.74. The lowest BCUT2D eigenvalue weighted by atomic mass is 10.1. The Hall–Kier alpha value is -2.78. The summed E-state index contributed by atoms with van der Waals surface area (Å²) in [5.74, 6) is -1.27. The highest BCUT2D eigenvalue weighted by molar-refractivity contribution is 7.81. The van der Waals surface area contributed by atoms with Crippen LogP contribution in [0.5, 0.6) is 5.75 Å². The van der Waals surface area contributed by atoms with Crippen molar-refractivity contribution in [1.82, 2.24) is 9.88 Å². The van der Waals surface area contributed by atoms with Gasteiger partial charge in [0, 0.05) is 6.20 Å². The molecule has 0 aliphatic carbocycles. The molecule has 9 heteroatoms. The zero-order chi connectivity index (χ0) is 16.6. The number of hydrogen-bond donors (Lipinski definition) is 1. The van der Waals surface area contributed by atoms with Crippen LogP contribution in [0.1, 0.15) is 33.8 Å². The summed E-state index contributed by atoms with van der Waals surface area (Å²) in [5.41, 5.74) is 0.566. The lowest BCUT2D eigenvalue weighted by Gasteiger charge is -2.15. The highest BCUT2D eigenvalue weighted by Crippen LogP contribution is 2.26. The van der Waals surface area contributed by atoms with Gasteiger partial charge < -0.3 is 4.18 Å². The maximum absolute atomic E-state index is 12.3. The van der Waals surface area contributed by atoms with Gasteiger partial charge in [0.05, 0.1) is 17.7 Å². The molecule has 1 aromatic heterocycles. The first-order valence-electron chi connectivity index (χ1n) is 6.43. The summed E-state index contributed by atoms with van der Waals surface area (Å²) in [6.07, 6.45) is 1.35. The van der Waals surface area contributed by atoms with E-state index in [4.69, 9.17) is 4.55 Å². The van der Waals surface area contributed by atoms with Crippen molar-refractivity contribution in [1.29, 1.82) is 0 Å². The summed E-state index contributed by atoms with van der Waals surface area (Å²) >= 11 is 0. The zero-order valence-corrected chi connectivity index (χ0v) is 12.4. The van der Waals surface area contributed by atoms with E-state index < -0.39 is 22.2 Å². The van der Waals surface area contributed by atoms with Gasteiger partial charge in [-0.25, -0.2) is 0 Å². The van der Waals surface area contributed by atoms with Crippen LogP contribution in [-0.4, -0.2) is 34.7 Å². The van der Waals surface area contributed by atoms with E-state index in [-0.39, 0.29) is 36.5 Å². The molecule has 24 heavy (non-hydrogen) atoms. The molecule has 1 aliphatic rings. The van der Waals surface area contributed by atoms with E-state index in [0.717, 1.165) is 4.90 Å². The van der Waals surface area contributed by atoms with Crippen LogP contribution in [0.2, 0.25) is 0 Å². The minimum atomic E-state index is -4.74. The molecule has 126 valence electrons. The number of hydrogen-bond acceptors (Lipinski definition) is 6. The van der Waals surface area contributed by atoms with Gasteiger partial charge in [-0.1, -0.05) is 19.6 Å². The number of benzene rings is 1. The molecule has 0 unspecified atom stereocenters. The van der Waals surface area contributed by atoms with Gasteiger partial charge in [-0.15, -0.1) is 0 Å². The number of fused-ring (bicyclic) bond motifs is 1. The number of carbonyl (C=O) groups is 2. The summed E-state index contributed by atoms with van der Waals surface area (Å²) in [5, 5.41) is 0. The molecular weight excluding hydrogens is 336 g/mol. The summed E-state index contributed by atoms with van der Waals surface area (Å²) in [4.78, 5) is 29.4. The average Bonchev–Trinajstić information content (AvgIpc) is 2.73. The highest BCUT2D eigenvalue weighted by atomic mass is 32.3. The van der Waals surface area contributed by atoms with Crippen molar-refractivity contribution in [3.63, 3.8) is 0 Å². The van der Waals surface area contributed by atoms with Gasteiger partial charge in [-0.2, -0.15) is 8.42 Å². The normalized spacial score (nSPS) is 13.5. The maximum Gasteiger partial charge on any atom is 0.446 e. The van der Waals surface area contributed by atoms with Crippen molar-refractivity contribution >= 4 is 22.2 Å². The van der Waals surface area contributed by atoms with E-state index in [1.165, 1.54) is 30.5 Å². The number of nitrogens with zero attached hydrogens (tertiary/aromatic N) is 2. The first-order valence-corrected chi connectivity index (χ1v) is 7.79. The molecule has 0 atom stereocenters. The van der Waals surface area contributed by atoms with Crippen LogP contribution >= 0.6 is 0 Å². The third-order valence-corrected chi connectivity index (χ3v) is 3.62. The van der Waals surface area contributed by atoms with Crippen molar-refractivity contribution in [2.24, 2.45) is 0 Å². The van der Waals surface area contributed by atoms with E-state index in [0.29, 0.717) is 0 Å². The molecule has 1 aliphatic heterocycles. The lowest BCUT2D eigenvalue weighted by Crippen LogP contribution is -2.29. The second kappa shape index (κ2) is 6.38. The van der Waals surface area contributed by atoms with Gasteiger partial charge in [0.15, 0.2) is 5.75 Å². The van der Waals surface area contributed by atoms with Gasteiger partial charge in [0.1, 0.15) is 5.69 Å². The second-order valence-electron chi connectivity index (χ2n) is 4.70. The minimum absolute atomic E-state index is 0. The van der Waals surface area contributed by atoms with E-state index in [9.17, 15) is 18.0 Å². The van der Waals surface area contributed by atoms with Crippen LogP contribution in [0.25, 0.3) is 0 Å². The standard InChI is InChI=1S/C14H10N2O6S.CH4/c17-13-9-4-1-2-5-10(9)14(18)16(13)8-11-12(6-3-7-15-11)22-23(19,20)21;/h1-7H,8H2,(H,19,20,21);1H4. The molecule has 0 spiro atoms. The van der Waals surface area contributed by atoms with Gasteiger partial charge in [0.2, 0.25) is 0 Å². The zero-order valence-electron chi connectivity index (χ0n) is 11.5. The molecule has 1 N–H and O–H groups in total. The number of aromatic nitrogens is 1. The van der Waals surface area contributed by atoms with Crippen molar-refractivity contribution < 1.29 is 26.7 Å². The molecule has 0 radical (unpaired) electrons. The van der Waals surface area contributed by atoms with Crippen LogP contribution in [0.15, 0.2) is 42.6 Å². The van der Waals surface area contributed by atoms with E-state index in [1.807, 2.05) is 0 Å². The predicted octanol–water partition coefficient (Wildman–Crippen LogP) is 1.70. The quantitative estimate of drug-likeness (QED) is 0.659. The van der Waals surface area contributed by atoms with E-state index in [2.05, 4.69) is 9.17 Å². The average molecular weight is 350 g/mol. The number of pyridine rings is 1. The molecule has 1 aromatic carbocycles. The molecule has 2 heterocycles. The Kier molecular flexibility index (Phi) is 4.67. The fourth-order valence-corrected chi connectivity index (χ4v) is 2.64. The molecule has 3 rings (SSSR count). The van der Waals surface area contributed by atoms with Crippen LogP contribution in [-0.2, 0) is 16.9 Å². The molecule has 0 fully saturated rings. The second-order valence-corrected chi connectivity index (χ2v) is 5.72. The topological polar surface area (TPSA) is 114 Å². The predicted molar refractivity (Wildman–Crippen MR) is 83.8 cm³/mol. The Balaban J connectivity index is 0.00000208. The minimum Gasteiger partial charge on any atom is -0.360 e. The fourth-order valence-electron chi connectivity index (χ4n) is 2.26. The SMILES string of the molecule is C.O=C1c2ccccc2C(=O)N1Cc1ncccc1OS(=O)(=O)O. The Labute approximate surface area is 138 Å². The molecule has 0 bridgehead atoms. The summed E-state index contributed by atoms with van der Waals surface area (Å²) < 4.78 is 34.9. The lowest BCUT2D eigenvalue weighted by molar-refractivity contribution is 0.0640. The molecule has 8 nitrogen and oxygen atoms in total. The van der Waals surface area contributed by atoms with Gasteiger partial charge in [0.25, 0.3) is 11.8 Å². The van der Waals surface area contributed by atoms with Crippen molar-refractivity contribution in [2.75, 3.05) is 0 Å². The third-order valence-electron chi connectivity index (χ3n) is 3.23. The molecule has 2 amide bonds. The number of carbonyl (C=O) groups excluding carboxylic acids is 2. The van der Waals surface area contributed by atoms with Gasteiger partial charge in [-0.3, -0.25) is 24.0 Å². The Morgan fingerprint density at radius 2 is 1.62 bits per heavy atom. The Bertz CT molecular complexity index is 875. The maximum atomic E-state index is 12.3. The monoisotopic (exact) mass is 350 g/mol. The van der Waals surface area contributed by atoms with Gasteiger partial charge >= 0.3 is 10.4 Å². The van der Waals surface area contributed by atoms with E-state index >= 15 is 0 Å². The number of imide groups is 1. The molecule has 0 saturated heterocycles. The third kappa shape index (κ3) is 3.26. The van der Waals surface area contributed by atoms with Crippen LogP contribution in [0.4, 0.5) is 0 Å². The summed E-state index contributed by atoms with van der Waals surface area (Å²) in [6.45, 7) is -0.280. The first kappa shape index (κ1) is 17.6. The largest absolute Gasteiger partial charge is 0.446 e. The van der Waals surface area contributed by atoms with Crippen LogP contribution < -0.4 is 4.18 Å². The number of rotatable bonds is 4.